The number of fused-ring (bicyclic) bond motifs is 5. The summed E-state index contributed by atoms with van der Waals surface area (Å²) in [6.45, 7) is 4.55. The van der Waals surface area contributed by atoms with E-state index in [0.29, 0.717) is 0 Å². The van der Waals surface area contributed by atoms with Gasteiger partial charge in [0.2, 0.25) is 0 Å². The lowest BCUT2D eigenvalue weighted by atomic mass is 9.68. The zero-order valence-electron chi connectivity index (χ0n) is 21.6. The third-order valence-electron chi connectivity index (χ3n) is 8.21. The van der Waals surface area contributed by atoms with Crippen LogP contribution >= 0.6 is 0 Å². The minimum Gasteiger partial charge on any atom is -0.457 e. The van der Waals surface area contributed by atoms with Gasteiger partial charge in [0.1, 0.15) is 11.5 Å². The number of ether oxygens (including phenoxy) is 1. The van der Waals surface area contributed by atoms with Gasteiger partial charge in [-0.05, 0) is 49.2 Å². The predicted molar refractivity (Wildman–Crippen MR) is 156 cm³/mol. The van der Waals surface area contributed by atoms with Crippen molar-refractivity contribution in [3.05, 3.63) is 120 Å². The predicted octanol–water partition coefficient (Wildman–Crippen LogP) is 9.33. The Hall–Kier alpha value is -4.50. The molecule has 0 bridgehead atoms. The molecule has 2 aromatic heterocycles. The van der Waals surface area contributed by atoms with Crippen molar-refractivity contribution < 1.29 is 4.74 Å². The fourth-order valence-electron chi connectivity index (χ4n) is 6.08. The van der Waals surface area contributed by atoms with Crippen molar-refractivity contribution in [1.29, 1.82) is 0 Å². The van der Waals surface area contributed by atoms with Gasteiger partial charge in [-0.1, -0.05) is 86.6 Å². The van der Waals surface area contributed by atoms with Crippen LogP contribution in [0.25, 0.3) is 44.3 Å². The summed E-state index contributed by atoms with van der Waals surface area (Å²) >= 11 is 0. The summed E-state index contributed by atoms with van der Waals surface area (Å²) in [5.74, 6) is 1.91. The molecular formula is C35H28N2O. The first-order valence-electron chi connectivity index (χ1n) is 13.4. The summed E-state index contributed by atoms with van der Waals surface area (Å²) in [7, 11) is 0. The van der Waals surface area contributed by atoms with Crippen molar-refractivity contribution in [3.63, 3.8) is 0 Å². The molecule has 4 aromatic carbocycles. The average Bonchev–Trinajstić information content (AvgIpc) is 2.99. The maximum Gasteiger partial charge on any atom is 0.131 e. The van der Waals surface area contributed by atoms with Crippen LogP contribution in [0.5, 0.6) is 11.5 Å². The molecule has 0 saturated carbocycles. The molecule has 0 unspecified atom stereocenters. The summed E-state index contributed by atoms with van der Waals surface area (Å²) < 4.78 is 6.38. The summed E-state index contributed by atoms with van der Waals surface area (Å²) in [4.78, 5) is 10.3. The summed E-state index contributed by atoms with van der Waals surface area (Å²) in [5, 5.41) is 2.18. The lowest BCUT2D eigenvalue weighted by Gasteiger charge is -2.39. The Bertz CT molecular complexity index is 1820. The van der Waals surface area contributed by atoms with Gasteiger partial charge in [-0.2, -0.15) is 0 Å². The molecule has 3 nitrogen and oxygen atoms in total. The van der Waals surface area contributed by atoms with Gasteiger partial charge < -0.3 is 4.74 Å². The van der Waals surface area contributed by atoms with Crippen molar-refractivity contribution in [3.8, 4) is 34.0 Å². The van der Waals surface area contributed by atoms with E-state index in [1.165, 1.54) is 11.1 Å². The molecular weight excluding hydrogens is 464 g/mol. The van der Waals surface area contributed by atoms with Gasteiger partial charge in [0, 0.05) is 38.4 Å². The Morgan fingerprint density at radius 1 is 0.553 bits per heavy atom. The highest BCUT2D eigenvalue weighted by Crippen LogP contribution is 2.52. The number of hydrogen-bond acceptors (Lipinski definition) is 3. The topological polar surface area (TPSA) is 35.0 Å². The standard InChI is InChI=1S/C35H28N2O/c1-3-35(4-2)27-12-8-9-13-31(27)38-32-21-18-26(22-28(32)35)30-20-17-25-15-14-24-16-19-29(23-10-6-5-7-11-23)36-33(24)34(25)37-30/h5-22H,3-4H2,1-2H3. The molecule has 0 saturated heterocycles. The van der Waals surface area contributed by atoms with Gasteiger partial charge in [-0.3, -0.25) is 0 Å². The first-order chi connectivity index (χ1) is 18.7. The van der Waals surface area contributed by atoms with Crippen molar-refractivity contribution in [1.82, 2.24) is 9.97 Å². The van der Waals surface area contributed by atoms with Crippen molar-refractivity contribution in [2.75, 3.05) is 0 Å². The Balaban J connectivity index is 1.40. The van der Waals surface area contributed by atoms with E-state index >= 15 is 0 Å². The average molecular weight is 493 g/mol. The van der Waals surface area contributed by atoms with Crippen molar-refractivity contribution in [2.24, 2.45) is 0 Å². The highest BCUT2D eigenvalue weighted by Gasteiger charge is 2.39. The highest BCUT2D eigenvalue weighted by atomic mass is 16.5. The smallest absolute Gasteiger partial charge is 0.131 e. The molecule has 0 amide bonds. The van der Waals surface area contributed by atoms with Crippen LogP contribution in [0.2, 0.25) is 0 Å². The number of nitrogens with zero attached hydrogens (tertiary/aromatic N) is 2. The highest BCUT2D eigenvalue weighted by molar-refractivity contribution is 6.04. The number of aromatic nitrogens is 2. The number of hydrogen-bond donors (Lipinski definition) is 0. The SMILES string of the molecule is CCC1(CC)c2ccccc2Oc2ccc(-c3ccc4ccc5ccc(-c6ccccc6)nc5c4n3)cc21. The monoisotopic (exact) mass is 492 g/mol. The van der Waals surface area contributed by atoms with E-state index in [9.17, 15) is 0 Å². The van der Waals surface area contributed by atoms with Crippen LogP contribution in [-0.4, -0.2) is 9.97 Å². The molecule has 38 heavy (non-hydrogen) atoms. The molecule has 0 N–H and O–H groups in total. The van der Waals surface area contributed by atoms with Gasteiger partial charge >= 0.3 is 0 Å². The zero-order chi connectivity index (χ0) is 25.7. The van der Waals surface area contributed by atoms with E-state index in [1.807, 2.05) is 18.2 Å². The Morgan fingerprint density at radius 2 is 1.13 bits per heavy atom. The van der Waals surface area contributed by atoms with Gasteiger partial charge in [0.25, 0.3) is 0 Å². The quantitative estimate of drug-likeness (QED) is 0.230. The molecule has 184 valence electrons. The minimum absolute atomic E-state index is 0.0874. The summed E-state index contributed by atoms with van der Waals surface area (Å²) in [6.07, 6.45) is 2.00. The van der Waals surface area contributed by atoms with Crippen LogP contribution < -0.4 is 4.74 Å². The molecule has 0 fully saturated rings. The first kappa shape index (κ1) is 22.7. The van der Waals surface area contributed by atoms with Gasteiger partial charge in [-0.25, -0.2) is 9.97 Å². The second-order valence-corrected chi connectivity index (χ2v) is 10.1. The number of pyridine rings is 2. The molecule has 3 heterocycles. The molecule has 0 atom stereocenters. The van der Waals surface area contributed by atoms with E-state index in [1.54, 1.807) is 0 Å². The van der Waals surface area contributed by atoms with Crippen molar-refractivity contribution in [2.45, 2.75) is 32.1 Å². The zero-order valence-corrected chi connectivity index (χ0v) is 21.6. The molecule has 1 aliphatic heterocycles. The number of benzene rings is 4. The lowest BCUT2D eigenvalue weighted by molar-refractivity contribution is 0.375. The van der Waals surface area contributed by atoms with Crippen LogP contribution in [0.4, 0.5) is 0 Å². The molecule has 7 rings (SSSR count). The van der Waals surface area contributed by atoms with E-state index < -0.39 is 0 Å². The second-order valence-electron chi connectivity index (χ2n) is 10.1. The van der Waals surface area contributed by atoms with Gasteiger partial charge in [-0.15, -0.1) is 0 Å². The maximum atomic E-state index is 6.38. The second kappa shape index (κ2) is 8.81. The molecule has 0 aliphatic carbocycles. The fraction of sp³-hybridized carbons (Fsp3) is 0.143. The van der Waals surface area contributed by atoms with E-state index in [0.717, 1.165) is 68.7 Å². The number of rotatable bonds is 4. The fourth-order valence-corrected chi connectivity index (χ4v) is 6.08. The third kappa shape index (κ3) is 3.42. The van der Waals surface area contributed by atoms with Gasteiger partial charge in [0.05, 0.1) is 22.4 Å². The Morgan fingerprint density at radius 3 is 1.82 bits per heavy atom. The van der Waals surface area contributed by atoms with Gasteiger partial charge in [0.15, 0.2) is 0 Å². The maximum absolute atomic E-state index is 6.38. The first-order valence-corrected chi connectivity index (χ1v) is 13.4. The van der Waals surface area contributed by atoms with Crippen LogP contribution in [0, 0.1) is 0 Å². The molecule has 0 radical (unpaired) electrons. The normalized spacial score (nSPS) is 13.6. The molecule has 1 aliphatic rings. The number of para-hydroxylation sites is 1. The summed E-state index contributed by atoms with van der Waals surface area (Å²) in [5.41, 5.74) is 8.37. The van der Waals surface area contributed by atoms with Crippen molar-refractivity contribution >= 4 is 21.8 Å². The van der Waals surface area contributed by atoms with E-state index in [2.05, 4.69) is 105 Å². The van der Waals surface area contributed by atoms with Crippen LogP contribution in [0.1, 0.15) is 37.8 Å². The van der Waals surface area contributed by atoms with Crippen LogP contribution in [0.15, 0.2) is 109 Å². The lowest BCUT2D eigenvalue weighted by Crippen LogP contribution is -2.30. The Kier molecular flexibility index (Phi) is 5.26. The molecule has 6 aromatic rings. The largest absolute Gasteiger partial charge is 0.457 e. The van der Waals surface area contributed by atoms with Crippen LogP contribution in [-0.2, 0) is 5.41 Å². The molecule has 0 spiro atoms. The minimum atomic E-state index is -0.0874. The van der Waals surface area contributed by atoms with Crippen LogP contribution in [0.3, 0.4) is 0 Å². The molecule has 3 heteroatoms. The Labute approximate surface area is 222 Å². The van der Waals surface area contributed by atoms with E-state index in [-0.39, 0.29) is 5.41 Å². The third-order valence-corrected chi connectivity index (χ3v) is 8.21. The summed E-state index contributed by atoms with van der Waals surface area (Å²) in [6, 6.07) is 38.1. The van der Waals surface area contributed by atoms with E-state index in [4.69, 9.17) is 14.7 Å².